The minimum absolute atomic E-state index is 0.495. The lowest BCUT2D eigenvalue weighted by atomic mass is 10.2. The van der Waals surface area contributed by atoms with Gasteiger partial charge in [0, 0.05) is 6.20 Å². The maximum atomic E-state index is 6.19. The Kier molecular flexibility index (Phi) is 2.53. The van der Waals surface area contributed by atoms with E-state index in [1.54, 1.807) is 17.5 Å². The van der Waals surface area contributed by atoms with Crippen molar-refractivity contribution in [1.29, 1.82) is 0 Å². The lowest BCUT2D eigenvalue weighted by molar-refractivity contribution is 1.18. The Morgan fingerprint density at radius 1 is 1.24 bits per heavy atom. The van der Waals surface area contributed by atoms with Crippen LogP contribution >= 0.6 is 22.9 Å². The van der Waals surface area contributed by atoms with Crippen molar-refractivity contribution in [2.24, 2.45) is 0 Å². The molecule has 0 bridgehead atoms. The van der Waals surface area contributed by atoms with Crippen molar-refractivity contribution in [2.75, 3.05) is 0 Å². The normalized spacial score (nSPS) is 10.9. The molecule has 3 heterocycles. The summed E-state index contributed by atoms with van der Waals surface area (Å²) in [5.41, 5.74) is 1.85. The van der Waals surface area contributed by atoms with Gasteiger partial charge in [-0.1, -0.05) is 17.7 Å². The fourth-order valence-corrected chi connectivity index (χ4v) is 2.94. The molecule has 0 saturated carbocycles. The van der Waals surface area contributed by atoms with E-state index in [2.05, 4.69) is 15.0 Å². The van der Waals surface area contributed by atoms with Gasteiger partial charge in [0.05, 0.1) is 5.39 Å². The molecule has 3 nitrogen and oxygen atoms in total. The average Bonchev–Trinajstić information content (AvgIpc) is 2.73. The van der Waals surface area contributed by atoms with E-state index in [-0.39, 0.29) is 0 Å². The molecular formula is C12H8ClN3S. The van der Waals surface area contributed by atoms with Gasteiger partial charge in [0.2, 0.25) is 0 Å². The molecule has 0 aliphatic heterocycles. The minimum Gasteiger partial charge on any atom is -0.253 e. The number of nitrogens with zero attached hydrogens (tertiary/aromatic N) is 3. The van der Waals surface area contributed by atoms with Gasteiger partial charge in [-0.05, 0) is 30.0 Å². The van der Waals surface area contributed by atoms with Crippen molar-refractivity contribution < 1.29 is 0 Å². The summed E-state index contributed by atoms with van der Waals surface area (Å²) in [4.78, 5) is 13.9. The number of hydrogen-bond donors (Lipinski definition) is 0. The number of rotatable bonds is 1. The summed E-state index contributed by atoms with van der Waals surface area (Å²) in [7, 11) is 0. The van der Waals surface area contributed by atoms with Gasteiger partial charge in [0.1, 0.15) is 15.7 Å². The molecule has 5 heteroatoms. The summed E-state index contributed by atoms with van der Waals surface area (Å²) in [6.45, 7) is 2.01. The molecule has 3 aromatic rings. The third-order valence-corrected chi connectivity index (χ3v) is 3.73. The number of fused-ring (bicyclic) bond motifs is 1. The van der Waals surface area contributed by atoms with Crippen LogP contribution in [0.5, 0.6) is 0 Å². The smallest absolute Gasteiger partial charge is 0.180 e. The SMILES string of the molecule is Cc1csc2nc(-c3ccccn3)nc(Cl)c12. The summed E-state index contributed by atoms with van der Waals surface area (Å²) >= 11 is 7.76. The molecule has 0 atom stereocenters. The highest BCUT2D eigenvalue weighted by molar-refractivity contribution is 7.17. The maximum absolute atomic E-state index is 6.19. The highest BCUT2D eigenvalue weighted by Crippen LogP contribution is 2.30. The predicted molar refractivity (Wildman–Crippen MR) is 70.4 cm³/mol. The molecule has 0 spiro atoms. The van der Waals surface area contributed by atoms with E-state index in [0.29, 0.717) is 11.0 Å². The molecule has 84 valence electrons. The zero-order chi connectivity index (χ0) is 11.8. The maximum Gasteiger partial charge on any atom is 0.180 e. The Balaban J connectivity index is 2.26. The van der Waals surface area contributed by atoms with Gasteiger partial charge < -0.3 is 0 Å². The van der Waals surface area contributed by atoms with Crippen molar-refractivity contribution >= 4 is 33.2 Å². The first-order chi connectivity index (χ1) is 8.25. The third kappa shape index (κ3) is 1.79. The lowest BCUT2D eigenvalue weighted by Gasteiger charge is -2.01. The second kappa shape index (κ2) is 4.05. The first-order valence-corrected chi connectivity index (χ1v) is 6.34. The molecule has 0 saturated heterocycles. The van der Waals surface area contributed by atoms with Gasteiger partial charge in [0.15, 0.2) is 5.82 Å². The van der Waals surface area contributed by atoms with E-state index >= 15 is 0 Å². The van der Waals surface area contributed by atoms with Crippen molar-refractivity contribution in [3.63, 3.8) is 0 Å². The predicted octanol–water partition coefficient (Wildman–Crippen LogP) is 3.72. The first-order valence-electron chi connectivity index (χ1n) is 5.08. The molecule has 0 aliphatic carbocycles. The van der Waals surface area contributed by atoms with Crippen LogP contribution in [-0.2, 0) is 0 Å². The second-order valence-corrected chi connectivity index (χ2v) is 4.87. The summed E-state index contributed by atoms with van der Waals surface area (Å²) in [5.74, 6) is 0.574. The van der Waals surface area contributed by atoms with E-state index in [9.17, 15) is 0 Å². The Labute approximate surface area is 107 Å². The zero-order valence-electron chi connectivity index (χ0n) is 9.01. The van der Waals surface area contributed by atoms with Crippen molar-refractivity contribution in [2.45, 2.75) is 6.92 Å². The van der Waals surface area contributed by atoms with E-state index in [1.807, 2.05) is 30.5 Å². The second-order valence-electron chi connectivity index (χ2n) is 3.65. The van der Waals surface area contributed by atoms with Crippen LogP contribution in [0.1, 0.15) is 5.56 Å². The molecule has 3 rings (SSSR count). The molecule has 0 fully saturated rings. The van der Waals surface area contributed by atoms with E-state index < -0.39 is 0 Å². The number of aryl methyl sites for hydroxylation is 1. The van der Waals surface area contributed by atoms with Crippen molar-refractivity contribution in [3.8, 4) is 11.5 Å². The van der Waals surface area contributed by atoms with Crippen molar-refractivity contribution in [1.82, 2.24) is 15.0 Å². The fraction of sp³-hybridized carbons (Fsp3) is 0.0833. The molecule has 0 unspecified atom stereocenters. The summed E-state index contributed by atoms with van der Waals surface area (Å²) < 4.78 is 0. The number of aromatic nitrogens is 3. The molecule has 0 radical (unpaired) electrons. The molecular weight excluding hydrogens is 254 g/mol. The quantitative estimate of drug-likeness (QED) is 0.627. The van der Waals surface area contributed by atoms with Crippen LogP contribution in [0.2, 0.25) is 5.15 Å². The van der Waals surface area contributed by atoms with Gasteiger partial charge in [0.25, 0.3) is 0 Å². The minimum atomic E-state index is 0.495. The Morgan fingerprint density at radius 2 is 2.12 bits per heavy atom. The van der Waals surface area contributed by atoms with Gasteiger partial charge in [-0.3, -0.25) is 4.98 Å². The molecule has 3 aromatic heterocycles. The molecule has 0 N–H and O–H groups in total. The van der Waals surface area contributed by atoms with Crippen LogP contribution in [0.3, 0.4) is 0 Å². The third-order valence-electron chi connectivity index (χ3n) is 2.47. The molecule has 0 amide bonds. The molecule has 17 heavy (non-hydrogen) atoms. The number of halogens is 1. The average molecular weight is 262 g/mol. The van der Waals surface area contributed by atoms with Gasteiger partial charge >= 0.3 is 0 Å². The number of pyridine rings is 1. The first kappa shape index (κ1) is 10.6. The number of thiophene rings is 1. The standard InChI is InChI=1S/C12H8ClN3S/c1-7-6-17-12-9(7)10(13)15-11(16-12)8-4-2-3-5-14-8/h2-6H,1H3. The monoisotopic (exact) mass is 261 g/mol. The van der Waals surface area contributed by atoms with Crippen LogP contribution in [0.4, 0.5) is 0 Å². The molecule has 0 aromatic carbocycles. The summed E-state index contributed by atoms with van der Waals surface area (Å²) in [6, 6.07) is 5.64. The summed E-state index contributed by atoms with van der Waals surface area (Å²) in [6.07, 6.45) is 1.72. The van der Waals surface area contributed by atoms with Crippen LogP contribution in [0.25, 0.3) is 21.7 Å². The van der Waals surface area contributed by atoms with Gasteiger partial charge in [-0.25, -0.2) is 9.97 Å². The van der Waals surface area contributed by atoms with E-state index in [0.717, 1.165) is 21.5 Å². The highest BCUT2D eigenvalue weighted by Gasteiger charge is 2.11. The van der Waals surface area contributed by atoms with E-state index in [1.165, 1.54) is 0 Å². The van der Waals surface area contributed by atoms with Crippen LogP contribution < -0.4 is 0 Å². The van der Waals surface area contributed by atoms with Crippen LogP contribution in [-0.4, -0.2) is 15.0 Å². The highest BCUT2D eigenvalue weighted by atomic mass is 35.5. The van der Waals surface area contributed by atoms with Crippen LogP contribution in [0.15, 0.2) is 29.8 Å². The van der Waals surface area contributed by atoms with Gasteiger partial charge in [-0.15, -0.1) is 11.3 Å². The Morgan fingerprint density at radius 3 is 2.88 bits per heavy atom. The lowest BCUT2D eigenvalue weighted by Crippen LogP contribution is -1.92. The Bertz CT molecular complexity index is 679. The van der Waals surface area contributed by atoms with E-state index in [4.69, 9.17) is 11.6 Å². The fourth-order valence-electron chi connectivity index (χ4n) is 1.64. The largest absolute Gasteiger partial charge is 0.253 e. The van der Waals surface area contributed by atoms with Crippen LogP contribution in [0, 0.1) is 6.92 Å². The van der Waals surface area contributed by atoms with Gasteiger partial charge in [-0.2, -0.15) is 0 Å². The van der Waals surface area contributed by atoms with Crippen molar-refractivity contribution in [3.05, 3.63) is 40.5 Å². The molecule has 0 aliphatic rings. The Hall–Kier alpha value is -1.52. The summed E-state index contributed by atoms with van der Waals surface area (Å²) in [5, 5.41) is 3.47. The zero-order valence-corrected chi connectivity index (χ0v) is 10.6. The topological polar surface area (TPSA) is 38.7 Å². The number of hydrogen-bond acceptors (Lipinski definition) is 4.